The average molecular weight is 418 g/mol. The van der Waals surface area contributed by atoms with Crippen molar-refractivity contribution in [2.24, 2.45) is 11.3 Å². The molecule has 0 radical (unpaired) electrons. The van der Waals surface area contributed by atoms with Crippen LogP contribution in [0.25, 0.3) is 0 Å². The maximum absolute atomic E-state index is 12.6. The molecular formula is C24H39N3O3. The van der Waals surface area contributed by atoms with Crippen molar-refractivity contribution in [2.75, 3.05) is 5.32 Å². The van der Waals surface area contributed by atoms with Crippen LogP contribution in [0.15, 0.2) is 24.3 Å². The van der Waals surface area contributed by atoms with Gasteiger partial charge in [-0.25, -0.2) is 0 Å². The van der Waals surface area contributed by atoms with Gasteiger partial charge in [0.1, 0.15) is 12.1 Å². The third-order valence-electron chi connectivity index (χ3n) is 4.73. The van der Waals surface area contributed by atoms with E-state index < -0.39 is 12.1 Å². The van der Waals surface area contributed by atoms with Crippen LogP contribution in [0, 0.1) is 11.3 Å². The van der Waals surface area contributed by atoms with Gasteiger partial charge in [0.15, 0.2) is 0 Å². The Morgan fingerprint density at radius 1 is 0.933 bits per heavy atom. The Morgan fingerprint density at radius 3 is 2.03 bits per heavy atom. The van der Waals surface area contributed by atoms with E-state index in [-0.39, 0.29) is 29.1 Å². The van der Waals surface area contributed by atoms with Crippen LogP contribution in [0.2, 0.25) is 0 Å². The average Bonchev–Trinajstić information content (AvgIpc) is 2.64. The number of rotatable bonds is 10. The zero-order valence-corrected chi connectivity index (χ0v) is 19.6. The number of anilines is 1. The minimum atomic E-state index is -0.722. The van der Waals surface area contributed by atoms with Gasteiger partial charge in [0.05, 0.1) is 0 Å². The lowest BCUT2D eigenvalue weighted by atomic mass is 9.88. The molecule has 0 saturated carbocycles. The van der Waals surface area contributed by atoms with E-state index in [1.165, 1.54) is 5.56 Å². The van der Waals surface area contributed by atoms with E-state index in [0.29, 0.717) is 12.1 Å². The summed E-state index contributed by atoms with van der Waals surface area (Å²) in [6, 6.07) is 6.37. The lowest BCUT2D eigenvalue weighted by Gasteiger charge is -2.24. The highest BCUT2D eigenvalue weighted by Gasteiger charge is 2.26. The third-order valence-corrected chi connectivity index (χ3v) is 4.73. The van der Waals surface area contributed by atoms with Crippen LogP contribution in [-0.2, 0) is 20.8 Å². The second kappa shape index (κ2) is 11.7. The maximum Gasteiger partial charge on any atom is 0.246 e. The Bertz CT molecular complexity index is 705. The first-order valence-corrected chi connectivity index (χ1v) is 10.9. The molecule has 1 aromatic carbocycles. The zero-order chi connectivity index (χ0) is 22.9. The van der Waals surface area contributed by atoms with Crippen LogP contribution < -0.4 is 16.0 Å². The molecule has 3 amide bonds. The quantitative estimate of drug-likeness (QED) is 0.537. The monoisotopic (exact) mass is 417 g/mol. The molecule has 0 aromatic heterocycles. The standard InChI is InChI=1S/C24H39N3O3/c1-8-9-10-20(28)27-21(16(2)3)23(30)25-17(4)22(29)26-19-13-11-18(12-14-19)15-24(5,6)7/h11-14,16-17,21H,8-10,15H2,1-7H3,(H,25,30)(H,26,29)(H,27,28)/t17-,21?/m0/s1. The maximum atomic E-state index is 12.6. The van der Waals surface area contributed by atoms with E-state index in [0.717, 1.165) is 19.3 Å². The molecule has 6 heteroatoms. The minimum Gasteiger partial charge on any atom is -0.344 e. The fraction of sp³-hybridized carbons (Fsp3) is 0.625. The summed E-state index contributed by atoms with van der Waals surface area (Å²) in [5.74, 6) is -0.871. The number of carbonyl (C=O) groups excluding carboxylic acids is 3. The second-order valence-electron chi connectivity index (χ2n) is 9.55. The van der Waals surface area contributed by atoms with Gasteiger partial charge in [0.2, 0.25) is 17.7 Å². The predicted molar refractivity (Wildman–Crippen MR) is 122 cm³/mol. The molecule has 6 nitrogen and oxygen atoms in total. The molecule has 1 aromatic rings. The number of unbranched alkanes of at least 4 members (excludes halogenated alkanes) is 1. The normalized spacial score (nSPS) is 13.5. The number of nitrogens with one attached hydrogen (secondary N) is 3. The number of hydrogen-bond acceptors (Lipinski definition) is 3. The first-order valence-electron chi connectivity index (χ1n) is 10.9. The molecule has 0 aliphatic heterocycles. The van der Waals surface area contributed by atoms with Gasteiger partial charge in [-0.2, -0.15) is 0 Å². The van der Waals surface area contributed by atoms with Crippen molar-refractivity contribution in [1.82, 2.24) is 10.6 Å². The van der Waals surface area contributed by atoms with Crippen molar-refractivity contribution < 1.29 is 14.4 Å². The van der Waals surface area contributed by atoms with E-state index in [2.05, 4.69) is 36.7 Å². The fourth-order valence-electron chi connectivity index (χ4n) is 3.06. The first kappa shape index (κ1) is 25.7. The lowest BCUT2D eigenvalue weighted by Crippen LogP contribution is -2.53. The highest BCUT2D eigenvalue weighted by Crippen LogP contribution is 2.21. The molecule has 2 atom stereocenters. The van der Waals surface area contributed by atoms with Gasteiger partial charge in [-0.05, 0) is 48.8 Å². The molecule has 30 heavy (non-hydrogen) atoms. The van der Waals surface area contributed by atoms with Crippen LogP contribution in [0.1, 0.15) is 73.3 Å². The molecule has 168 valence electrons. The summed E-state index contributed by atoms with van der Waals surface area (Å²) < 4.78 is 0. The summed E-state index contributed by atoms with van der Waals surface area (Å²) in [5.41, 5.74) is 2.09. The van der Waals surface area contributed by atoms with E-state index in [4.69, 9.17) is 0 Å². The zero-order valence-electron chi connectivity index (χ0n) is 19.6. The Balaban J connectivity index is 2.64. The van der Waals surface area contributed by atoms with E-state index in [1.807, 2.05) is 45.0 Å². The van der Waals surface area contributed by atoms with Crippen molar-refractivity contribution in [3.05, 3.63) is 29.8 Å². The SMILES string of the molecule is CCCCC(=O)NC(C(=O)N[C@@H](C)C(=O)Nc1ccc(CC(C)(C)C)cc1)C(C)C. The molecule has 0 aliphatic carbocycles. The van der Waals surface area contributed by atoms with Gasteiger partial charge in [0.25, 0.3) is 0 Å². The predicted octanol–water partition coefficient (Wildman–Crippen LogP) is 4.05. The van der Waals surface area contributed by atoms with Crippen molar-refractivity contribution in [2.45, 2.75) is 86.2 Å². The van der Waals surface area contributed by atoms with Crippen molar-refractivity contribution >= 4 is 23.4 Å². The van der Waals surface area contributed by atoms with Crippen molar-refractivity contribution in [3.63, 3.8) is 0 Å². The number of benzene rings is 1. The van der Waals surface area contributed by atoms with Gasteiger partial charge in [-0.3, -0.25) is 14.4 Å². The Kier molecular flexibility index (Phi) is 10.0. The smallest absolute Gasteiger partial charge is 0.246 e. The first-order chi connectivity index (χ1) is 13.9. The molecule has 0 spiro atoms. The van der Waals surface area contributed by atoms with Crippen molar-refractivity contribution in [1.29, 1.82) is 0 Å². The van der Waals surface area contributed by atoms with Gasteiger partial charge >= 0.3 is 0 Å². The van der Waals surface area contributed by atoms with Gasteiger partial charge in [-0.15, -0.1) is 0 Å². The highest BCUT2D eigenvalue weighted by molar-refractivity contribution is 5.98. The summed E-state index contributed by atoms with van der Waals surface area (Å²) in [6.07, 6.45) is 3.05. The molecule has 1 unspecified atom stereocenters. The van der Waals surface area contributed by atoms with Gasteiger partial charge in [0, 0.05) is 12.1 Å². The van der Waals surface area contributed by atoms with Crippen LogP contribution in [0.3, 0.4) is 0 Å². The lowest BCUT2D eigenvalue weighted by molar-refractivity contribution is -0.131. The Hall–Kier alpha value is -2.37. The van der Waals surface area contributed by atoms with E-state index in [1.54, 1.807) is 6.92 Å². The molecule has 3 N–H and O–H groups in total. The van der Waals surface area contributed by atoms with Gasteiger partial charge in [-0.1, -0.05) is 60.1 Å². The summed E-state index contributed by atoms with van der Waals surface area (Å²) in [7, 11) is 0. The van der Waals surface area contributed by atoms with Crippen LogP contribution in [0.4, 0.5) is 5.69 Å². The molecule has 0 aliphatic rings. The van der Waals surface area contributed by atoms with E-state index >= 15 is 0 Å². The summed E-state index contributed by atoms with van der Waals surface area (Å²) in [4.78, 5) is 37.2. The number of hydrogen-bond donors (Lipinski definition) is 3. The molecule has 0 heterocycles. The molecule has 1 rings (SSSR count). The minimum absolute atomic E-state index is 0.0822. The van der Waals surface area contributed by atoms with Crippen LogP contribution in [-0.4, -0.2) is 29.8 Å². The largest absolute Gasteiger partial charge is 0.344 e. The number of amides is 3. The topological polar surface area (TPSA) is 87.3 Å². The Morgan fingerprint density at radius 2 is 1.53 bits per heavy atom. The molecule has 0 bridgehead atoms. The second-order valence-corrected chi connectivity index (χ2v) is 9.55. The third kappa shape index (κ3) is 9.42. The van der Waals surface area contributed by atoms with E-state index in [9.17, 15) is 14.4 Å². The summed E-state index contributed by atoms with van der Waals surface area (Å²) >= 11 is 0. The van der Waals surface area contributed by atoms with Crippen molar-refractivity contribution in [3.8, 4) is 0 Å². The van der Waals surface area contributed by atoms with Gasteiger partial charge < -0.3 is 16.0 Å². The number of carbonyl (C=O) groups is 3. The molecular weight excluding hydrogens is 378 g/mol. The molecule has 0 saturated heterocycles. The highest BCUT2D eigenvalue weighted by atomic mass is 16.2. The molecule has 0 fully saturated rings. The Labute approximate surface area is 181 Å². The van der Waals surface area contributed by atoms with Crippen LogP contribution >= 0.6 is 0 Å². The summed E-state index contributed by atoms with van der Waals surface area (Å²) in [5, 5.41) is 8.34. The van der Waals surface area contributed by atoms with Crippen LogP contribution in [0.5, 0.6) is 0 Å². The summed E-state index contributed by atoms with van der Waals surface area (Å²) in [6.45, 7) is 13.9. The fourth-order valence-corrected chi connectivity index (χ4v) is 3.06.